The molecule has 0 unspecified atom stereocenters. The summed E-state index contributed by atoms with van der Waals surface area (Å²) in [6.45, 7) is -0.245. The third-order valence-corrected chi connectivity index (χ3v) is 6.55. The van der Waals surface area contributed by atoms with Crippen molar-refractivity contribution in [3.05, 3.63) is 77.9 Å². The maximum absolute atomic E-state index is 12.9. The van der Waals surface area contributed by atoms with E-state index < -0.39 is 10.0 Å². The van der Waals surface area contributed by atoms with Gasteiger partial charge in [0.1, 0.15) is 6.54 Å². The van der Waals surface area contributed by atoms with Crippen molar-refractivity contribution < 1.29 is 13.2 Å². The van der Waals surface area contributed by atoms with Crippen LogP contribution in [0.4, 0.5) is 5.69 Å². The highest BCUT2D eigenvalue weighted by atomic mass is 32.2. The van der Waals surface area contributed by atoms with Gasteiger partial charge in [0.15, 0.2) is 0 Å². The zero-order chi connectivity index (χ0) is 20.4. The Morgan fingerprint density at radius 1 is 1.03 bits per heavy atom. The number of nitrogens with zero attached hydrogens (tertiary/aromatic N) is 1. The van der Waals surface area contributed by atoms with E-state index in [2.05, 4.69) is 11.4 Å². The van der Waals surface area contributed by atoms with Crippen LogP contribution in [0.1, 0.15) is 30.0 Å². The molecule has 6 heteroatoms. The van der Waals surface area contributed by atoms with Crippen LogP contribution in [0.15, 0.2) is 66.7 Å². The van der Waals surface area contributed by atoms with Crippen molar-refractivity contribution in [2.24, 2.45) is 0 Å². The average Bonchev–Trinajstić information content (AvgIpc) is 2.71. The molecule has 1 aliphatic rings. The Morgan fingerprint density at radius 3 is 2.59 bits per heavy atom. The van der Waals surface area contributed by atoms with Gasteiger partial charge < -0.3 is 5.32 Å². The number of carbonyl (C=O) groups is 1. The SMILES string of the molecule is CS(=O)(=O)N(CC(=O)N[C@H]1CCCc2ccccc21)c1cccc2ccccc12. The van der Waals surface area contributed by atoms with Gasteiger partial charge in [0.2, 0.25) is 15.9 Å². The summed E-state index contributed by atoms with van der Waals surface area (Å²) < 4.78 is 26.3. The molecule has 1 atom stereocenters. The summed E-state index contributed by atoms with van der Waals surface area (Å²) in [5, 5.41) is 4.78. The van der Waals surface area contributed by atoms with Crippen molar-refractivity contribution in [1.29, 1.82) is 0 Å². The summed E-state index contributed by atoms with van der Waals surface area (Å²) in [7, 11) is -3.63. The fraction of sp³-hybridized carbons (Fsp3) is 0.261. The Bertz CT molecular complexity index is 1150. The lowest BCUT2D eigenvalue weighted by atomic mass is 9.88. The largest absolute Gasteiger partial charge is 0.348 e. The van der Waals surface area contributed by atoms with Gasteiger partial charge in [-0.25, -0.2) is 8.42 Å². The lowest BCUT2D eigenvalue weighted by Gasteiger charge is -2.28. The average molecular weight is 409 g/mol. The number of nitrogens with one attached hydrogen (secondary N) is 1. The number of hydrogen-bond acceptors (Lipinski definition) is 3. The van der Waals surface area contributed by atoms with Crippen molar-refractivity contribution in [3.63, 3.8) is 0 Å². The molecule has 1 N–H and O–H groups in total. The molecule has 0 fully saturated rings. The number of hydrogen-bond donors (Lipinski definition) is 1. The number of fused-ring (bicyclic) bond motifs is 2. The van der Waals surface area contributed by atoms with Crippen LogP contribution in [-0.4, -0.2) is 27.1 Å². The van der Waals surface area contributed by atoms with Crippen LogP contribution in [0.2, 0.25) is 0 Å². The van der Waals surface area contributed by atoms with Gasteiger partial charge in [0, 0.05) is 5.39 Å². The molecule has 0 spiro atoms. The van der Waals surface area contributed by atoms with Gasteiger partial charge >= 0.3 is 0 Å². The van der Waals surface area contributed by atoms with E-state index in [0.29, 0.717) is 5.69 Å². The molecule has 3 aromatic carbocycles. The van der Waals surface area contributed by atoms with Crippen LogP contribution in [0.5, 0.6) is 0 Å². The lowest BCUT2D eigenvalue weighted by Crippen LogP contribution is -2.42. The number of aryl methyl sites for hydroxylation is 1. The molecule has 0 heterocycles. The van der Waals surface area contributed by atoms with Crippen LogP contribution >= 0.6 is 0 Å². The molecule has 29 heavy (non-hydrogen) atoms. The van der Waals surface area contributed by atoms with Crippen LogP contribution in [-0.2, 0) is 21.2 Å². The second-order valence-electron chi connectivity index (χ2n) is 7.48. The minimum absolute atomic E-state index is 0.0821. The summed E-state index contributed by atoms with van der Waals surface area (Å²) in [5.74, 6) is -0.301. The Morgan fingerprint density at radius 2 is 1.76 bits per heavy atom. The number of rotatable bonds is 5. The number of amides is 1. The standard InChI is InChI=1S/C23H24N2O3S/c1-29(27,28)25(22-15-7-11-18-9-3-5-13-20(18)22)16-23(26)24-21-14-6-10-17-8-2-4-12-19(17)21/h2-5,7-9,11-13,15,21H,6,10,14,16H2,1H3,(H,24,26)/t21-/m0/s1. The fourth-order valence-corrected chi connectivity index (χ4v) is 4.95. The van der Waals surface area contributed by atoms with Crippen molar-refractivity contribution in [2.75, 3.05) is 17.1 Å². The molecule has 1 amide bonds. The molecule has 0 aliphatic heterocycles. The third kappa shape index (κ3) is 4.12. The number of sulfonamides is 1. The molecule has 1 aliphatic carbocycles. The van der Waals surface area contributed by atoms with Crippen LogP contribution in [0.3, 0.4) is 0 Å². The number of anilines is 1. The monoisotopic (exact) mass is 408 g/mol. The summed E-state index contributed by atoms with van der Waals surface area (Å²) in [5.41, 5.74) is 2.89. The quantitative estimate of drug-likeness (QED) is 0.698. The Hall–Kier alpha value is -2.86. The predicted octanol–water partition coefficient (Wildman–Crippen LogP) is 3.80. The molecule has 0 saturated carbocycles. The van der Waals surface area contributed by atoms with Crippen molar-refractivity contribution in [2.45, 2.75) is 25.3 Å². The predicted molar refractivity (Wildman–Crippen MR) is 116 cm³/mol. The highest BCUT2D eigenvalue weighted by Crippen LogP contribution is 2.30. The Kier molecular flexibility index (Phi) is 5.28. The normalized spacial score (nSPS) is 16.2. The summed E-state index contributed by atoms with van der Waals surface area (Å²) >= 11 is 0. The van der Waals surface area contributed by atoms with E-state index in [1.165, 1.54) is 9.87 Å². The lowest BCUT2D eigenvalue weighted by molar-refractivity contribution is -0.120. The second kappa shape index (κ2) is 7.87. The minimum atomic E-state index is -3.63. The summed E-state index contributed by atoms with van der Waals surface area (Å²) in [6.07, 6.45) is 4.00. The van der Waals surface area contributed by atoms with E-state index in [0.717, 1.165) is 41.9 Å². The van der Waals surface area contributed by atoms with Gasteiger partial charge in [-0.1, -0.05) is 60.7 Å². The summed E-state index contributed by atoms with van der Waals surface area (Å²) in [6, 6.07) is 21.1. The highest BCUT2D eigenvalue weighted by molar-refractivity contribution is 7.92. The van der Waals surface area contributed by atoms with Crippen molar-refractivity contribution >= 4 is 32.4 Å². The zero-order valence-electron chi connectivity index (χ0n) is 16.3. The van der Waals surface area contributed by atoms with Crippen molar-refractivity contribution in [3.8, 4) is 0 Å². The maximum atomic E-state index is 12.9. The first-order chi connectivity index (χ1) is 13.9. The van der Waals surface area contributed by atoms with Gasteiger partial charge in [-0.05, 0) is 41.8 Å². The second-order valence-corrected chi connectivity index (χ2v) is 9.39. The van der Waals surface area contributed by atoms with E-state index in [-0.39, 0.29) is 18.5 Å². The van der Waals surface area contributed by atoms with Gasteiger partial charge in [0.05, 0.1) is 18.0 Å². The first-order valence-corrected chi connectivity index (χ1v) is 11.6. The third-order valence-electron chi connectivity index (χ3n) is 5.43. The molecule has 4 rings (SSSR count). The number of carbonyl (C=O) groups excluding carboxylic acids is 1. The Balaban J connectivity index is 1.61. The van der Waals surface area contributed by atoms with Crippen LogP contribution in [0, 0.1) is 0 Å². The molecular weight excluding hydrogens is 384 g/mol. The number of benzene rings is 3. The zero-order valence-corrected chi connectivity index (χ0v) is 17.2. The molecule has 3 aromatic rings. The molecular formula is C23H24N2O3S. The maximum Gasteiger partial charge on any atom is 0.241 e. The van der Waals surface area contributed by atoms with Gasteiger partial charge in [-0.15, -0.1) is 0 Å². The Labute approximate surface area is 171 Å². The van der Waals surface area contributed by atoms with E-state index in [4.69, 9.17) is 0 Å². The molecule has 150 valence electrons. The van der Waals surface area contributed by atoms with E-state index >= 15 is 0 Å². The van der Waals surface area contributed by atoms with Gasteiger partial charge in [0.25, 0.3) is 0 Å². The molecule has 0 aromatic heterocycles. The van der Waals surface area contributed by atoms with Crippen LogP contribution in [0.25, 0.3) is 10.8 Å². The molecule has 5 nitrogen and oxygen atoms in total. The highest BCUT2D eigenvalue weighted by Gasteiger charge is 2.26. The molecule has 0 saturated heterocycles. The summed E-state index contributed by atoms with van der Waals surface area (Å²) in [4.78, 5) is 12.9. The first-order valence-electron chi connectivity index (χ1n) is 9.76. The van der Waals surface area contributed by atoms with E-state index in [1.54, 1.807) is 6.07 Å². The van der Waals surface area contributed by atoms with Crippen LogP contribution < -0.4 is 9.62 Å². The van der Waals surface area contributed by atoms with E-state index in [9.17, 15) is 13.2 Å². The van der Waals surface area contributed by atoms with Gasteiger partial charge in [-0.3, -0.25) is 9.10 Å². The van der Waals surface area contributed by atoms with Crippen molar-refractivity contribution in [1.82, 2.24) is 5.32 Å². The topological polar surface area (TPSA) is 66.5 Å². The first kappa shape index (κ1) is 19.5. The van der Waals surface area contributed by atoms with E-state index in [1.807, 2.05) is 54.6 Å². The molecule has 0 radical (unpaired) electrons. The smallest absolute Gasteiger partial charge is 0.241 e. The molecule has 0 bridgehead atoms. The fourth-order valence-electron chi connectivity index (χ4n) is 4.08. The minimum Gasteiger partial charge on any atom is -0.348 e. The van der Waals surface area contributed by atoms with Gasteiger partial charge in [-0.2, -0.15) is 0 Å².